The highest BCUT2D eigenvalue weighted by Gasteiger charge is 2.37. The minimum absolute atomic E-state index is 0.150. The minimum atomic E-state index is -0.512. The van der Waals surface area contributed by atoms with Crippen molar-refractivity contribution in [3.05, 3.63) is 0 Å². The van der Waals surface area contributed by atoms with Gasteiger partial charge in [0.2, 0.25) is 0 Å². The molecule has 0 aromatic carbocycles. The molecule has 2 N–H and O–H groups in total. The summed E-state index contributed by atoms with van der Waals surface area (Å²) in [6, 6.07) is 0. The van der Waals surface area contributed by atoms with E-state index in [0.717, 1.165) is 38.7 Å². The van der Waals surface area contributed by atoms with Crippen LogP contribution in [0, 0.1) is 5.41 Å². The fourth-order valence-corrected chi connectivity index (χ4v) is 2.35. The van der Waals surface area contributed by atoms with E-state index in [1.807, 2.05) is 13.8 Å². The molecule has 2 atom stereocenters. The summed E-state index contributed by atoms with van der Waals surface area (Å²) in [4.78, 5) is 12.0. The Hall–Kier alpha value is -0.610. The number of nitrogens with two attached hydrogens (primary N) is 1. The van der Waals surface area contributed by atoms with Gasteiger partial charge in [-0.2, -0.15) is 0 Å². The highest BCUT2D eigenvalue weighted by molar-refractivity contribution is 5.77. The summed E-state index contributed by atoms with van der Waals surface area (Å²) in [5.74, 6) is -0.150. The van der Waals surface area contributed by atoms with Crippen LogP contribution in [0.4, 0.5) is 0 Å². The van der Waals surface area contributed by atoms with Gasteiger partial charge in [0, 0.05) is 13.2 Å². The zero-order valence-corrected chi connectivity index (χ0v) is 11.0. The van der Waals surface area contributed by atoms with Crippen molar-refractivity contribution in [1.82, 2.24) is 0 Å². The van der Waals surface area contributed by atoms with Crippen LogP contribution in [0.2, 0.25) is 0 Å². The van der Waals surface area contributed by atoms with E-state index in [9.17, 15) is 4.79 Å². The first-order valence-corrected chi connectivity index (χ1v) is 6.67. The Morgan fingerprint density at radius 3 is 2.76 bits per heavy atom. The predicted molar refractivity (Wildman–Crippen MR) is 66.6 cm³/mol. The number of hydrogen-bond donors (Lipinski definition) is 1. The van der Waals surface area contributed by atoms with Crippen molar-refractivity contribution in [2.24, 2.45) is 11.1 Å². The third-order valence-electron chi connectivity index (χ3n) is 3.74. The first-order chi connectivity index (χ1) is 8.18. The van der Waals surface area contributed by atoms with Gasteiger partial charge in [-0.05, 0) is 39.0 Å². The second kappa shape index (κ2) is 6.97. The topological polar surface area (TPSA) is 61.5 Å². The van der Waals surface area contributed by atoms with Crippen LogP contribution in [0.5, 0.6) is 0 Å². The van der Waals surface area contributed by atoms with Crippen molar-refractivity contribution >= 4 is 5.97 Å². The quantitative estimate of drug-likeness (QED) is 0.693. The Morgan fingerprint density at radius 2 is 2.29 bits per heavy atom. The van der Waals surface area contributed by atoms with Crippen molar-refractivity contribution in [3.63, 3.8) is 0 Å². The van der Waals surface area contributed by atoms with E-state index in [2.05, 4.69) is 0 Å². The zero-order chi connectivity index (χ0) is 12.7. The van der Waals surface area contributed by atoms with Gasteiger partial charge >= 0.3 is 5.97 Å². The second-order valence-corrected chi connectivity index (χ2v) is 4.73. The van der Waals surface area contributed by atoms with Gasteiger partial charge in [-0.15, -0.1) is 0 Å². The van der Waals surface area contributed by atoms with E-state index in [1.54, 1.807) is 0 Å². The molecule has 0 spiro atoms. The van der Waals surface area contributed by atoms with Gasteiger partial charge in [-0.25, -0.2) is 0 Å². The SMILES string of the molecule is CCOC(=O)C(CC)(CN)CCC1CCCO1. The molecule has 1 heterocycles. The third kappa shape index (κ3) is 3.68. The highest BCUT2D eigenvalue weighted by Crippen LogP contribution is 2.31. The molecule has 100 valence electrons. The van der Waals surface area contributed by atoms with Crippen LogP contribution >= 0.6 is 0 Å². The molecule has 17 heavy (non-hydrogen) atoms. The first kappa shape index (κ1) is 14.5. The summed E-state index contributed by atoms with van der Waals surface area (Å²) in [5.41, 5.74) is 5.28. The molecule has 1 aliphatic heterocycles. The molecule has 1 saturated heterocycles. The molecule has 1 fully saturated rings. The number of esters is 1. The monoisotopic (exact) mass is 243 g/mol. The molecule has 0 amide bonds. The average molecular weight is 243 g/mol. The lowest BCUT2D eigenvalue weighted by molar-refractivity contribution is -0.156. The van der Waals surface area contributed by atoms with Crippen LogP contribution in [0.15, 0.2) is 0 Å². The van der Waals surface area contributed by atoms with Crippen LogP contribution in [-0.4, -0.2) is 31.8 Å². The molecule has 0 aromatic heterocycles. The molecule has 0 radical (unpaired) electrons. The van der Waals surface area contributed by atoms with Gasteiger partial charge in [-0.3, -0.25) is 4.79 Å². The Labute approximate surface area is 104 Å². The van der Waals surface area contributed by atoms with Crippen LogP contribution in [0.1, 0.15) is 46.0 Å². The number of hydrogen-bond acceptors (Lipinski definition) is 4. The van der Waals surface area contributed by atoms with Crippen LogP contribution in [-0.2, 0) is 14.3 Å². The summed E-state index contributed by atoms with van der Waals surface area (Å²) >= 11 is 0. The van der Waals surface area contributed by atoms with E-state index in [0.29, 0.717) is 19.3 Å². The Morgan fingerprint density at radius 1 is 1.53 bits per heavy atom. The molecule has 0 saturated carbocycles. The Balaban J connectivity index is 2.53. The van der Waals surface area contributed by atoms with E-state index < -0.39 is 5.41 Å². The molecule has 0 bridgehead atoms. The van der Waals surface area contributed by atoms with E-state index >= 15 is 0 Å². The molecule has 2 unspecified atom stereocenters. The lowest BCUT2D eigenvalue weighted by atomic mass is 9.79. The average Bonchev–Trinajstić information content (AvgIpc) is 2.84. The van der Waals surface area contributed by atoms with Crippen LogP contribution < -0.4 is 5.73 Å². The molecule has 4 nitrogen and oxygen atoms in total. The number of rotatable bonds is 7. The van der Waals surface area contributed by atoms with E-state index in [1.165, 1.54) is 0 Å². The lowest BCUT2D eigenvalue weighted by Gasteiger charge is -2.29. The van der Waals surface area contributed by atoms with Gasteiger partial charge in [-0.1, -0.05) is 6.92 Å². The maximum Gasteiger partial charge on any atom is 0.313 e. The highest BCUT2D eigenvalue weighted by atomic mass is 16.5. The van der Waals surface area contributed by atoms with Gasteiger partial charge in [0.1, 0.15) is 0 Å². The maximum atomic E-state index is 12.0. The fourth-order valence-electron chi connectivity index (χ4n) is 2.35. The maximum absolute atomic E-state index is 12.0. The predicted octanol–water partition coefficient (Wildman–Crippen LogP) is 1.86. The Kier molecular flexibility index (Phi) is 5.92. The summed E-state index contributed by atoms with van der Waals surface area (Å²) in [6.07, 6.45) is 4.95. The second-order valence-electron chi connectivity index (χ2n) is 4.73. The minimum Gasteiger partial charge on any atom is -0.466 e. The van der Waals surface area contributed by atoms with E-state index in [-0.39, 0.29) is 5.97 Å². The van der Waals surface area contributed by atoms with Crippen molar-refractivity contribution in [2.45, 2.75) is 52.1 Å². The summed E-state index contributed by atoms with van der Waals surface area (Å²) in [7, 11) is 0. The molecule has 4 heteroatoms. The summed E-state index contributed by atoms with van der Waals surface area (Å²) in [6.45, 7) is 5.45. The van der Waals surface area contributed by atoms with Crippen LogP contribution in [0.3, 0.4) is 0 Å². The molecule has 1 rings (SSSR count). The van der Waals surface area contributed by atoms with Crippen molar-refractivity contribution < 1.29 is 14.3 Å². The van der Waals surface area contributed by atoms with Crippen LogP contribution in [0.25, 0.3) is 0 Å². The molecule has 1 aliphatic rings. The molecule has 0 aromatic rings. The molecular weight excluding hydrogens is 218 g/mol. The van der Waals surface area contributed by atoms with Gasteiger partial charge in [0.25, 0.3) is 0 Å². The van der Waals surface area contributed by atoms with Gasteiger partial charge in [0.15, 0.2) is 0 Å². The largest absolute Gasteiger partial charge is 0.466 e. The number of carbonyl (C=O) groups excluding carboxylic acids is 1. The fraction of sp³-hybridized carbons (Fsp3) is 0.923. The van der Waals surface area contributed by atoms with Crippen molar-refractivity contribution in [2.75, 3.05) is 19.8 Å². The molecule has 0 aliphatic carbocycles. The van der Waals surface area contributed by atoms with Gasteiger partial charge in [0.05, 0.1) is 18.1 Å². The normalized spacial score (nSPS) is 23.4. The van der Waals surface area contributed by atoms with Crippen molar-refractivity contribution in [3.8, 4) is 0 Å². The number of carbonyl (C=O) groups is 1. The van der Waals surface area contributed by atoms with Crippen molar-refractivity contribution in [1.29, 1.82) is 0 Å². The standard InChI is InChI=1S/C13H25NO3/c1-3-13(10-14,12(15)16-4-2)8-7-11-6-5-9-17-11/h11H,3-10,14H2,1-2H3. The summed E-state index contributed by atoms with van der Waals surface area (Å²) < 4.78 is 10.7. The smallest absolute Gasteiger partial charge is 0.313 e. The van der Waals surface area contributed by atoms with Gasteiger partial charge < -0.3 is 15.2 Å². The molecular formula is C13H25NO3. The number of ether oxygens (including phenoxy) is 2. The third-order valence-corrected chi connectivity index (χ3v) is 3.74. The summed E-state index contributed by atoms with van der Waals surface area (Å²) in [5, 5.41) is 0. The first-order valence-electron chi connectivity index (χ1n) is 6.67. The van der Waals surface area contributed by atoms with E-state index in [4.69, 9.17) is 15.2 Å². The lowest BCUT2D eigenvalue weighted by Crippen LogP contribution is -2.40. The zero-order valence-electron chi connectivity index (χ0n) is 11.0. The Bertz CT molecular complexity index is 233.